The van der Waals surface area contributed by atoms with Crippen molar-refractivity contribution in [2.45, 2.75) is 25.3 Å². The molecule has 4 nitrogen and oxygen atoms in total. The molecule has 0 aromatic carbocycles. The van der Waals surface area contributed by atoms with Crippen LogP contribution in [0.3, 0.4) is 0 Å². The molecule has 2 fully saturated rings. The SMILES string of the molecule is CNC1CCN(C(=O)C2CCCOC2)C1.Cl. The lowest BCUT2D eigenvalue weighted by atomic mass is 10.0. The van der Waals surface area contributed by atoms with Crippen molar-refractivity contribution in [1.29, 1.82) is 0 Å². The third-order valence-corrected chi connectivity index (χ3v) is 3.42. The number of halogens is 1. The van der Waals surface area contributed by atoms with Crippen LogP contribution in [0.25, 0.3) is 0 Å². The molecule has 2 heterocycles. The van der Waals surface area contributed by atoms with E-state index < -0.39 is 0 Å². The maximum atomic E-state index is 12.1. The maximum Gasteiger partial charge on any atom is 0.228 e. The summed E-state index contributed by atoms with van der Waals surface area (Å²) >= 11 is 0. The molecule has 0 bridgehead atoms. The quantitative estimate of drug-likeness (QED) is 0.781. The first-order valence-corrected chi connectivity index (χ1v) is 5.85. The van der Waals surface area contributed by atoms with E-state index in [-0.39, 0.29) is 18.3 Å². The highest BCUT2D eigenvalue weighted by Gasteiger charge is 2.31. The number of hydrogen-bond acceptors (Lipinski definition) is 3. The van der Waals surface area contributed by atoms with Gasteiger partial charge in [-0.2, -0.15) is 0 Å². The summed E-state index contributed by atoms with van der Waals surface area (Å²) in [6.07, 6.45) is 3.11. The zero-order valence-corrected chi connectivity index (χ0v) is 10.6. The third kappa shape index (κ3) is 3.09. The van der Waals surface area contributed by atoms with Crippen molar-refractivity contribution in [3.63, 3.8) is 0 Å². The summed E-state index contributed by atoms with van der Waals surface area (Å²) in [5, 5.41) is 3.23. The highest BCUT2D eigenvalue weighted by molar-refractivity contribution is 5.85. The molecule has 5 heteroatoms. The molecule has 1 N–H and O–H groups in total. The molecule has 1 amide bonds. The number of likely N-dealkylation sites (N-methyl/N-ethyl adjacent to an activating group) is 1. The van der Waals surface area contributed by atoms with Crippen LogP contribution in [0, 0.1) is 5.92 Å². The molecule has 2 aliphatic rings. The van der Waals surface area contributed by atoms with Gasteiger partial charge in [-0.1, -0.05) is 0 Å². The number of carbonyl (C=O) groups excluding carboxylic acids is 1. The Morgan fingerprint density at radius 3 is 2.81 bits per heavy atom. The highest BCUT2D eigenvalue weighted by Crippen LogP contribution is 2.19. The maximum absolute atomic E-state index is 12.1. The van der Waals surface area contributed by atoms with Gasteiger partial charge in [-0.3, -0.25) is 4.79 Å². The lowest BCUT2D eigenvalue weighted by Gasteiger charge is -2.26. The van der Waals surface area contributed by atoms with Crippen molar-refractivity contribution in [1.82, 2.24) is 10.2 Å². The number of likely N-dealkylation sites (tertiary alicyclic amines) is 1. The second kappa shape index (κ2) is 6.42. The van der Waals surface area contributed by atoms with Crippen LogP contribution in [0.15, 0.2) is 0 Å². The van der Waals surface area contributed by atoms with E-state index in [9.17, 15) is 4.79 Å². The number of rotatable bonds is 2. The molecular weight excluding hydrogens is 228 g/mol. The smallest absolute Gasteiger partial charge is 0.228 e. The number of amides is 1. The van der Waals surface area contributed by atoms with Gasteiger partial charge in [-0.15, -0.1) is 12.4 Å². The number of nitrogens with zero attached hydrogens (tertiary/aromatic N) is 1. The molecule has 2 saturated heterocycles. The third-order valence-electron chi connectivity index (χ3n) is 3.42. The predicted octanol–water partition coefficient (Wildman–Crippen LogP) is 0.655. The Kier molecular flexibility index (Phi) is 5.52. The largest absolute Gasteiger partial charge is 0.381 e. The predicted molar refractivity (Wildman–Crippen MR) is 64.8 cm³/mol. The van der Waals surface area contributed by atoms with Gasteiger partial charge in [0.1, 0.15) is 0 Å². The molecule has 0 saturated carbocycles. The van der Waals surface area contributed by atoms with Gasteiger partial charge in [0.05, 0.1) is 12.5 Å². The molecular formula is C11H21ClN2O2. The summed E-state index contributed by atoms with van der Waals surface area (Å²) in [7, 11) is 1.96. The lowest BCUT2D eigenvalue weighted by molar-refractivity contribution is -0.138. The van der Waals surface area contributed by atoms with Crippen molar-refractivity contribution in [3.8, 4) is 0 Å². The Morgan fingerprint density at radius 1 is 1.44 bits per heavy atom. The summed E-state index contributed by atoms with van der Waals surface area (Å²) in [6, 6.07) is 0.485. The first-order chi connectivity index (χ1) is 7.31. The molecule has 16 heavy (non-hydrogen) atoms. The van der Waals surface area contributed by atoms with Gasteiger partial charge in [0.2, 0.25) is 5.91 Å². The first-order valence-electron chi connectivity index (χ1n) is 5.85. The van der Waals surface area contributed by atoms with Crippen LogP contribution >= 0.6 is 12.4 Å². The molecule has 0 aromatic heterocycles. The van der Waals surface area contributed by atoms with Gasteiger partial charge in [-0.25, -0.2) is 0 Å². The second-order valence-electron chi connectivity index (χ2n) is 4.47. The minimum absolute atomic E-state index is 0. The molecule has 0 aliphatic carbocycles. The molecule has 2 atom stereocenters. The summed E-state index contributed by atoms with van der Waals surface area (Å²) in [5.74, 6) is 0.418. The van der Waals surface area contributed by atoms with Crippen LogP contribution in [0.4, 0.5) is 0 Å². The van der Waals surface area contributed by atoms with E-state index in [2.05, 4.69) is 5.32 Å². The van der Waals surface area contributed by atoms with Crippen molar-refractivity contribution in [2.24, 2.45) is 5.92 Å². The average molecular weight is 249 g/mol. The Morgan fingerprint density at radius 2 is 2.25 bits per heavy atom. The number of carbonyl (C=O) groups is 1. The van der Waals surface area contributed by atoms with Crippen LogP contribution < -0.4 is 5.32 Å². The van der Waals surface area contributed by atoms with Crippen LogP contribution in [0.5, 0.6) is 0 Å². The van der Waals surface area contributed by atoms with Crippen LogP contribution in [0.1, 0.15) is 19.3 Å². The Balaban J connectivity index is 0.00000128. The minimum atomic E-state index is 0. The van der Waals surface area contributed by atoms with E-state index in [0.29, 0.717) is 18.6 Å². The Hall–Kier alpha value is -0.320. The normalized spacial score (nSPS) is 29.9. The van der Waals surface area contributed by atoms with E-state index in [4.69, 9.17) is 4.74 Å². The van der Waals surface area contributed by atoms with E-state index in [1.807, 2.05) is 11.9 Å². The van der Waals surface area contributed by atoms with Crippen molar-refractivity contribution in [3.05, 3.63) is 0 Å². The highest BCUT2D eigenvalue weighted by atomic mass is 35.5. The van der Waals surface area contributed by atoms with E-state index in [1.54, 1.807) is 0 Å². The summed E-state index contributed by atoms with van der Waals surface area (Å²) in [4.78, 5) is 14.1. The number of hydrogen-bond donors (Lipinski definition) is 1. The van der Waals surface area contributed by atoms with Gasteiger partial charge in [-0.05, 0) is 26.3 Å². The van der Waals surface area contributed by atoms with Crippen LogP contribution in [0.2, 0.25) is 0 Å². The van der Waals surface area contributed by atoms with Crippen molar-refractivity contribution < 1.29 is 9.53 Å². The lowest BCUT2D eigenvalue weighted by Crippen LogP contribution is -2.39. The molecule has 2 aliphatic heterocycles. The molecule has 0 radical (unpaired) electrons. The van der Waals surface area contributed by atoms with Crippen LogP contribution in [-0.2, 0) is 9.53 Å². The fourth-order valence-corrected chi connectivity index (χ4v) is 2.39. The Labute approximate surface area is 103 Å². The van der Waals surface area contributed by atoms with Crippen molar-refractivity contribution in [2.75, 3.05) is 33.4 Å². The van der Waals surface area contributed by atoms with Gasteiger partial charge in [0.25, 0.3) is 0 Å². The molecule has 2 rings (SSSR count). The van der Waals surface area contributed by atoms with Gasteiger partial charge in [0.15, 0.2) is 0 Å². The molecule has 2 unspecified atom stereocenters. The molecule has 94 valence electrons. The fraction of sp³-hybridized carbons (Fsp3) is 0.909. The zero-order valence-electron chi connectivity index (χ0n) is 9.78. The second-order valence-corrected chi connectivity index (χ2v) is 4.47. The van der Waals surface area contributed by atoms with Gasteiger partial charge in [0, 0.05) is 25.7 Å². The van der Waals surface area contributed by atoms with E-state index in [1.165, 1.54) is 0 Å². The van der Waals surface area contributed by atoms with E-state index >= 15 is 0 Å². The van der Waals surface area contributed by atoms with Gasteiger partial charge < -0.3 is 15.0 Å². The fourth-order valence-electron chi connectivity index (χ4n) is 2.39. The van der Waals surface area contributed by atoms with Crippen LogP contribution in [-0.4, -0.2) is 50.2 Å². The van der Waals surface area contributed by atoms with Gasteiger partial charge >= 0.3 is 0 Å². The monoisotopic (exact) mass is 248 g/mol. The minimum Gasteiger partial charge on any atom is -0.381 e. The topological polar surface area (TPSA) is 41.6 Å². The van der Waals surface area contributed by atoms with E-state index in [0.717, 1.165) is 39.0 Å². The average Bonchev–Trinajstić information content (AvgIpc) is 2.78. The molecule has 0 aromatic rings. The first kappa shape index (κ1) is 13.7. The number of nitrogens with one attached hydrogen (secondary N) is 1. The summed E-state index contributed by atoms with van der Waals surface area (Å²) in [6.45, 7) is 3.22. The zero-order chi connectivity index (χ0) is 10.7. The summed E-state index contributed by atoms with van der Waals surface area (Å²) < 4.78 is 5.35. The van der Waals surface area contributed by atoms with Crippen molar-refractivity contribution >= 4 is 18.3 Å². The summed E-state index contributed by atoms with van der Waals surface area (Å²) in [5.41, 5.74) is 0. The number of ether oxygens (including phenoxy) is 1. The standard InChI is InChI=1S/C11H20N2O2.ClH/c1-12-10-4-5-13(7-10)11(14)9-3-2-6-15-8-9;/h9-10,12H,2-8H2,1H3;1H. The Bertz CT molecular complexity index is 232. The molecule has 0 spiro atoms.